The van der Waals surface area contributed by atoms with Crippen molar-refractivity contribution in [3.05, 3.63) is 46.0 Å². The number of hydrogen-bond donors (Lipinski definition) is 2. The molecule has 0 saturated heterocycles. The number of nitriles is 1. The number of allylic oxidation sites excluding steroid dienone is 2. The number of carboxylic acids is 2. The molecule has 1 aliphatic carbocycles. The number of nitrogens with zero attached hydrogens (tertiary/aromatic N) is 1. The molecule has 6 heteroatoms. The minimum Gasteiger partial charge on any atom is -0.481 e. The minimum atomic E-state index is -1.14. The summed E-state index contributed by atoms with van der Waals surface area (Å²) in [6, 6.07) is 6.99. The molecule has 0 amide bonds. The second-order valence-electron chi connectivity index (χ2n) is 4.85. The highest BCUT2D eigenvalue weighted by atomic mass is 79.9. The zero-order valence-corrected chi connectivity index (χ0v) is 12.4. The first-order chi connectivity index (χ1) is 9.95. The van der Waals surface area contributed by atoms with Gasteiger partial charge in [0.25, 0.3) is 0 Å². The van der Waals surface area contributed by atoms with Crippen molar-refractivity contribution in [3.63, 3.8) is 0 Å². The Balaban J connectivity index is 2.48. The summed E-state index contributed by atoms with van der Waals surface area (Å²) >= 11 is 3.24. The average molecular weight is 350 g/mol. The summed E-state index contributed by atoms with van der Waals surface area (Å²) in [5, 5.41) is 27.7. The van der Waals surface area contributed by atoms with E-state index in [1.54, 1.807) is 30.4 Å². The molecule has 0 fully saturated rings. The van der Waals surface area contributed by atoms with Crippen LogP contribution < -0.4 is 0 Å². The van der Waals surface area contributed by atoms with E-state index in [9.17, 15) is 19.8 Å². The van der Waals surface area contributed by atoms with E-state index in [1.165, 1.54) is 0 Å². The van der Waals surface area contributed by atoms with E-state index in [0.717, 1.165) is 0 Å². The zero-order valence-electron chi connectivity index (χ0n) is 10.9. The Bertz CT molecular complexity index is 662. The third-order valence-electron chi connectivity index (χ3n) is 3.65. The maximum Gasteiger partial charge on any atom is 0.308 e. The molecule has 0 aliphatic heterocycles. The van der Waals surface area contributed by atoms with Crippen molar-refractivity contribution in [2.75, 3.05) is 0 Å². The van der Waals surface area contributed by atoms with Crippen LogP contribution >= 0.6 is 15.9 Å². The van der Waals surface area contributed by atoms with Gasteiger partial charge in [-0.3, -0.25) is 9.59 Å². The highest BCUT2D eigenvalue weighted by Crippen LogP contribution is 2.38. The van der Waals surface area contributed by atoms with Crippen LogP contribution in [0.5, 0.6) is 0 Å². The lowest BCUT2D eigenvalue weighted by atomic mass is 9.73. The SMILES string of the molecule is N#Cc1cc(C2C=CCC(C(=O)O)C2C(=O)O)ccc1Br. The molecule has 108 valence electrons. The van der Waals surface area contributed by atoms with Crippen LogP contribution in [0, 0.1) is 23.2 Å². The molecule has 0 saturated carbocycles. The molecule has 1 aliphatic rings. The first kappa shape index (κ1) is 15.3. The van der Waals surface area contributed by atoms with Gasteiger partial charge in [-0.05, 0) is 40.0 Å². The maximum atomic E-state index is 11.5. The Morgan fingerprint density at radius 3 is 2.57 bits per heavy atom. The molecule has 0 aromatic heterocycles. The summed E-state index contributed by atoms with van der Waals surface area (Å²) in [5.74, 6) is -4.82. The van der Waals surface area contributed by atoms with Crippen molar-refractivity contribution >= 4 is 27.9 Å². The van der Waals surface area contributed by atoms with E-state index in [-0.39, 0.29) is 6.42 Å². The minimum absolute atomic E-state index is 0.199. The third-order valence-corrected chi connectivity index (χ3v) is 4.34. The highest BCUT2D eigenvalue weighted by Gasteiger charge is 2.40. The van der Waals surface area contributed by atoms with E-state index in [2.05, 4.69) is 15.9 Å². The van der Waals surface area contributed by atoms with Gasteiger partial charge in [-0.25, -0.2) is 0 Å². The summed E-state index contributed by atoms with van der Waals surface area (Å²) < 4.78 is 0.621. The van der Waals surface area contributed by atoms with Crippen molar-refractivity contribution in [1.82, 2.24) is 0 Å². The Kier molecular flexibility index (Phi) is 4.43. The van der Waals surface area contributed by atoms with Gasteiger partial charge in [-0.15, -0.1) is 0 Å². The molecule has 0 bridgehead atoms. The monoisotopic (exact) mass is 349 g/mol. The first-order valence-electron chi connectivity index (χ1n) is 6.27. The molecule has 2 N–H and O–H groups in total. The van der Waals surface area contributed by atoms with Gasteiger partial charge >= 0.3 is 11.9 Å². The molecule has 0 spiro atoms. The molecular formula is C15H12BrNO4. The van der Waals surface area contributed by atoms with E-state index in [1.807, 2.05) is 6.07 Å². The Labute approximate surface area is 129 Å². The molecule has 5 nitrogen and oxygen atoms in total. The summed E-state index contributed by atoms with van der Waals surface area (Å²) in [7, 11) is 0. The van der Waals surface area contributed by atoms with Gasteiger partial charge in [0.1, 0.15) is 6.07 Å². The molecule has 3 unspecified atom stereocenters. The summed E-state index contributed by atoms with van der Waals surface area (Å²) in [6.45, 7) is 0. The number of carbonyl (C=O) groups is 2. The lowest BCUT2D eigenvalue weighted by Crippen LogP contribution is -2.35. The van der Waals surface area contributed by atoms with Gasteiger partial charge in [-0.1, -0.05) is 18.2 Å². The van der Waals surface area contributed by atoms with Gasteiger partial charge in [0.15, 0.2) is 0 Å². The number of rotatable bonds is 3. The molecular weight excluding hydrogens is 338 g/mol. The van der Waals surface area contributed by atoms with Gasteiger partial charge in [0.2, 0.25) is 0 Å². The fraction of sp³-hybridized carbons (Fsp3) is 0.267. The second kappa shape index (κ2) is 6.10. The molecule has 2 rings (SSSR count). The van der Waals surface area contributed by atoms with Crippen molar-refractivity contribution in [1.29, 1.82) is 5.26 Å². The summed E-state index contributed by atoms with van der Waals surface area (Å²) in [5.41, 5.74) is 1.02. The quantitative estimate of drug-likeness (QED) is 0.817. The lowest BCUT2D eigenvalue weighted by Gasteiger charge is -2.29. The van der Waals surface area contributed by atoms with Crippen molar-refractivity contribution in [2.45, 2.75) is 12.3 Å². The number of carboxylic acid groups (broad SMARTS) is 2. The molecule has 3 atom stereocenters. The topological polar surface area (TPSA) is 98.4 Å². The van der Waals surface area contributed by atoms with Crippen LogP contribution in [0.4, 0.5) is 0 Å². The van der Waals surface area contributed by atoms with Crippen LogP contribution in [0.1, 0.15) is 23.5 Å². The van der Waals surface area contributed by atoms with Crippen LogP contribution in [-0.4, -0.2) is 22.2 Å². The van der Waals surface area contributed by atoms with Crippen molar-refractivity contribution in [2.24, 2.45) is 11.8 Å². The number of benzene rings is 1. The van der Waals surface area contributed by atoms with Crippen molar-refractivity contribution < 1.29 is 19.8 Å². The smallest absolute Gasteiger partial charge is 0.308 e. The van der Waals surface area contributed by atoms with Crippen LogP contribution in [0.2, 0.25) is 0 Å². The summed E-state index contributed by atoms with van der Waals surface area (Å²) in [4.78, 5) is 22.8. The standard InChI is InChI=1S/C15H12BrNO4/c16-12-5-4-8(6-9(12)7-17)10-2-1-3-11(14(18)19)13(10)15(20)21/h1-2,4-6,10-11,13H,3H2,(H,18,19)(H,20,21). The third kappa shape index (κ3) is 2.98. The van der Waals surface area contributed by atoms with Gasteiger partial charge < -0.3 is 10.2 Å². The lowest BCUT2D eigenvalue weighted by molar-refractivity contribution is -0.154. The van der Waals surface area contributed by atoms with E-state index < -0.39 is 29.7 Å². The first-order valence-corrected chi connectivity index (χ1v) is 7.06. The number of halogens is 1. The largest absolute Gasteiger partial charge is 0.481 e. The summed E-state index contributed by atoms with van der Waals surface area (Å²) in [6.07, 6.45) is 3.60. The number of aliphatic carboxylic acids is 2. The Hall–Kier alpha value is -2.13. The van der Waals surface area contributed by atoms with Crippen LogP contribution in [0.3, 0.4) is 0 Å². The molecule has 0 heterocycles. The van der Waals surface area contributed by atoms with Gasteiger partial charge in [0, 0.05) is 10.4 Å². The predicted molar refractivity (Wildman–Crippen MR) is 77.6 cm³/mol. The fourth-order valence-electron chi connectivity index (χ4n) is 2.62. The van der Waals surface area contributed by atoms with Gasteiger partial charge in [0.05, 0.1) is 17.4 Å². The number of hydrogen-bond acceptors (Lipinski definition) is 3. The normalized spacial score (nSPS) is 24.3. The van der Waals surface area contributed by atoms with Crippen LogP contribution in [-0.2, 0) is 9.59 Å². The average Bonchev–Trinajstić information content (AvgIpc) is 2.46. The van der Waals surface area contributed by atoms with Crippen LogP contribution in [0.15, 0.2) is 34.8 Å². The predicted octanol–water partition coefficient (Wildman–Crippen LogP) is 2.77. The zero-order chi connectivity index (χ0) is 15.6. The highest BCUT2D eigenvalue weighted by molar-refractivity contribution is 9.10. The molecule has 21 heavy (non-hydrogen) atoms. The molecule has 1 aromatic carbocycles. The maximum absolute atomic E-state index is 11.5. The van der Waals surface area contributed by atoms with E-state index in [4.69, 9.17) is 5.26 Å². The Morgan fingerprint density at radius 1 is 1.29 bits per heavy atom. The van der Waals surface area contributed by atoms with Crippen molar-refractivity contribution in [3.8, 4) is 6.07 Å². The molecule has 0 radical (unpaired) electrons. The van der Waals surface area contributed by atoms with Gasteiger partial charge in [-0.2, -0.15) is 5.26 Å². The molecule has 1 aromatic rings. The fourth-order valence-corrected chi connectivity index (χ4v) is 2.96. The van der Waals surface area contributed by atoms with Crippen LogP contribution in [0.25, 0.3) is 0 Å². The Morgan fingerprint density at radius 2 is 2.00 bits per heavy atom. The van der Waals surface area contributed by atoms with E-state index >= 15 is 0 Å². The van der Waals surface area contributed by atoms with E-state index in [0.29, 0.717) is 15.6 Å². The second-order valence-corrected chi connectivity index (χ2v) is 5.70.